The van der Waals surface area contributed by atoms with Crippen LogP contribution in [-0.2, 0) is 0 Å². The number of ether oxygens (including phenoxy) is 1. The van der Waals surface area contributed by atoms with Crippen molar-refractivity contribution in [3.63, 3.8) is 0 Å². The number of rotatable bonds is 3. The number of halogens is 2. The molecule has 0 radical (unpaired) electrons. The van der Waals surface area contributed by atoms with Crippen molar-refractivity contribution in [2.45, 2.75) is 0 Å². The van der Waals surface area contributed by atoms with Crippen molar-refractivity contribution in [1.29, 1.82) is 0 Å². The Morgan fingerprint density at radius 3 is 2.42 bits per heavy atom. The minimum atomic E-state index is -0.870. The fourth-order valence-electron chi connectivity index (χ4n) is 1.50. The summed E-state index contributed by atoms with van der Waals surface area (Å²) in [5, 5.41) is 0. The third-order valence-corrected chi connectivity index (χ3v) is 2.41. The Labute approximate surface area is 107 Å². The Kier molecular flexibility index (Phi) is 3.33. The molecule has 0 aliphatic heterocycles. The van der Waals surface area contributed by atoms with Crippen LogP contribution in [0.5, 0.6) is 11.5 Å². The number of nitrogens with two attached hydrogens (primary N) is 2. The minimum Gasteiger partial charge on any atom is -0.455 e. The van der Waals surface area contributed by atoms with Gasteiger partial charge in [0, 0.05) is 12.1 Å². The van der Waals surface area contributed by atoms with E-state index in [2.05, 4.69) is 0 Å². The van der Waals surface area contributed by atoms with Crippen LogP contribution >= 0.6 is 0 Å². The highest BCUT2D eigenvalue weighted by molar-refractivity contribution is 5.93. The predicted octanol–water partition coefficient (Wildman–Crippen LogP) is 2.44. The number of hydrogen-bond donors (Lipinski definition) is 2. The molecule has 0 spiro atoms. The van der Waals surface area contributed by atoms with Crippen molar-refractivity contribution in [1.82, 2.24) is 0 Å². The lowest BCUT2D eigenvalue weighted by molar-refractivity contribution is 0.0996. The fraction of sp³-hybridized carbons (Fsp3) is 0. The Hall–Kier alpha value is -2.63. The van der Waals surface area contributed by atoms with Crippen molar-refractivity contribution < 1.29 is 18.3 Å². The smallest absolute Gasteiger partial charge is 0.251 e. The molecule has 0 heterocycles. The Bertz CT molecular complexity index is 645. The van der Waals surface area contributed by atoms with E-state index in [-0.39, 0.29) is 22.7 Å². The molecule has 19 heavy (non-hydrogen) atoms. The molecule has 4 nitrogen and oxygen atoms in total. The van der Waals surface area contributed by atoms with Gasteiger partial charge in [0.05, 0.1) is 11.3 Å². The molecule has 0 bridgehead atoms. The molecule has 2 aromatic carbocycles. The van der Waals surface area contributed by atoms with E-state index in [1.807, 2.05) is 0 Å². The highest BCUT2D eigenvalue weighted by atomic mass is 19.1. The van der Waals surface area contributed by atoms with Crippen molar-refractivity contribution in [2.24, 2.45) is 5.73 Å². The van der Waals surface area contributed by atoms with Gasteiger partial charge in [-0.25, -0.2) is 8.78 Å². The average molecular weight is 264 g/mol. The first-order valence-corrected chi connectivity index (χ1v) is 5.29. The standard InChI is InChI=1S/C13H10F2N2O2/c14-7-1-4-12(11(16)5-7)19-8-2-3-9(13(17)18)10(15)6-8/h1-6H,16H2,(H2,17,18). The van der Waals surface area contributed by atoms with Crippen LogP contribution in [0.25, 0.3) is 0 Å². The van der Waals surface area contributed by atoms with Crippen molar-refractivity contribution in [2.75, 3.05) is 5.73 Å². The second kappa shape index (κ2) is 4.93. The van der Waals surface area contributed by atoms with Gasteiger partial charge < -0.3 is 16.2 Å². The van der Waals surface area contributed by atoms with Crippen LogP contribution in [-0.4, -0.2) is 5.91 Å². The third kappa shape index (κ3) is 2.79. The molecule has 0 unspecified atom stereocenters. The van der Waals surface area contributed by atoms with Gasteiger partial charge in [-0.15, -0.1) is 0 Å². The molecule has 0 saturated carbocycles. The monoisotopic (exact) mass is 264 g/mol. The van der Waals surface area contributed by atoms with Crippen LogP contribution in [0.3, 0.4) is 0 Å². The van der Waals surface area contributed by atoms with Gasteiger partial charge in [0.15, 0.2) is 5.75 Å². The molecular weight excluding hydrogens is 254 g/mol. The fourth-order valence-corrected chi connectivity index (χ4v) is 1.50. The minimum absolute atomic E-state index is 0.0828. The second-order valence-electron chi connectivity index (χ2n) is 3.79. The van der Waals surface area contributed by atoms with Gasteiger partial charge in [-0.2, -0.15) is 0 Å². The van der Waals surface area contributed by atoms with Crippen LogP contribution < -0.4 is 16.2 Å². The summed E-state index contributed by atoms with van der Waals surface area (Å²) in [6, 6.07) is 7.15. The maximum Gasteiger partial charge on any atom is 0.251 e. The highest BCUT2D eigenvalue weighted by Crippen LogP contribution is 2.28. The number of anilines is 1. The maximum atomic E-state index is 13.5. The summed E-state index contributed by atoms with van der Waals surface area (Å²) in [5.74, 6) is -1.86. The first-order chi connectivity index (χ1) is 8.97. The van der Waals surface area contributed by atoms with Gasteiger partial charge in [-0.1, -0.05) is 0 Å². The zero-order valence-electron chi connectivity index (χ0n) is 9.69. The Morgan fingerprint density at radius 1 is 1.11 bits per heavy atom. The van der Waals surface area contributed by atoms with E-state index in [4.69, 9.17) is 16.2 Å². The summed E-state index contributed by atoms with van der Waals surface area (Å²) in [7, 11) is 0. The number of carbonyl (C=O) groups is 1. The number of primary amides is 1. The average Bonchev–Trinajstić information content (AvgIpc) is 2.32. The summed E-state index contributed by atoms with van der Waals surface area (Å²) >= 11 is 0. The number of benzene rings is 2. The molecular formula is C13H10F2N2O2. The number of carbonyl (C=O) groups excluding carboxylic acids is 1. The zero-order chi connectivity index (χ0) is 14.0. The molecule has 0 fully saturated rings. The first kappa shape index (κ1) is 12.8. The molecule has 6 heteroatoms. The van der Waals surface area contributed by atoms with Crippen LogP contribution in [0.1, 0.15) is 10.4 Å². The molecule has 2 rings (SSSR count). The molecule has 4 N–H and O–H groups in total. The molecule has 0 aliphatic carbocycles. The first-order valence-electron chi connectivity index (χ1n) is 5.29. The van der Waals surface area contributed by atoms with E-state index < -0.39 is 17.5 Å². The van der Waals surface area contributed by atoms with Gasteiger partial charge >= 0.3 is 0 Å². The van der Waals surface area contributed by atoms with Crippen LogP contribution in [0.15, 0.2) is 36.4 Å². The van der Waals surface area contributed by atoms with Gasteiger partial charge in [0.25, 0.3) is 5.91 Å². The molecule has 98 valence electrons. The number of nitrogen functional groups attached to an aromatic ring is 1. The molecule has 0 atom stereocenters. The lowest BCUT2D eigenvalue weighted by atomic mass is 10.2. The molecule has 0 aliphatic rings. The van der Waals surface area contributed by atoms with Crippen molar-refractivity contribution in [3.8, 4) is 11.5 Å². The largest absolute Gasteiger partial charge is 0.455 e. The summed E-state index contributed by atoms with van der Waals surface area (Å²) < 4.78 is 31.6. The van der Waals surface area contributed by atoms with E-state index in [0.29, 0.717) is 0 Å². The number of hydrogen-bond acceptors (Lipinski definition) is 3. The maximum absolute atomic E-state index is 13.5. The topological polar surface area (TPSA) is 78.3 Å². The highest BCUT2D eigenvalue weighted by Gasteiger charge is 2.10. The van der Waals surface area contributed by atoms with Gasteiger partial charge in [-0.05, 0) is 24.3 Å². The summed E-state index contributed by atoms with van der Waals surface area (Å²) in [6.45, 7) is 0. The molecule has 2 aromatic rings. The quantitative estimate of drug-likeness (QED) is 0.836. The van der Waals surface area contributed by atoms with Crippen LogP contribution in [0.2, 0.25) is 0 Å². The lowest BCUT2D eigenvalue weighted by Gasteiger charge is -2.09. The summed E-state index contributed by atoms with van der Waals surface area (Å²) in [5.41, 5.74) is 10.4. The second-order valence-corrected chi connectivity index (χ2v) is 3.79. The zero-order valence-corrected chi connectivity index (χ0v) is 9.69. The van der Waals surface area contributed by atoms with Crippen LogP contribution in [0.4, 0.5) is 14.5 Å². The number of amides is 1. The van der Waals surface area contributed by atoms with Gasteiger partial charge in [-0.3, -0.25) is 4.79 Å². The van der Waals surface area contributed by atoms with Crippen molar-refractivity contribution in [3.05, 3.63) is 53.6 Å². The Balaban J connectivity index is 2.29. The summed E-state index contributed by atoms with van der Waals surface area (Å²) in [4.78, 5) is 10.9. The molecule has 0 aromatic heterocycles. The SMILES string of the molecule is NC(=O)c1ccc(Oc2ccc(F)cc2N)cc1F. The van der Waals surface area contributed by atoms with Gasteiger partial charge in [0.1, 0.15) is 17.4 Å². The van der Waals surface area contributed by atoms with E-state index >= 15 is 0 Å². The van der Waals surface area contributed by atoms with E-state index in [1.54, 1.807) is 0 Å². The van der Waals surface area contributed by atoms with E-state index in [9.17, 15) is 13.6 Å². The normalized spacial score (nSPS) is 10.2. The summed E-state index contributed by atoms with van der Waals surface area (Å²) in [6.07, 6.45) is 0. The van der Waals surface area contributed by atoms with Gasteiger partial charge in [0.2, 0.25) is 0 Å². The lowest BCUT2D eigenvalue weighted by Crippen LogP contribution is -2.12. The van der Waals surface area contributed by atoms with E-state index in [0.717, 1.165) is 12.1 Å². The molecule has 0 saturated heterocycles. The van der Waals surface area contributed by atoms with Crippen LogP contribution in [0, 0.1) is 11.6 Å². The Morgan fingerprint density at radius 2 is 1.84 bits per heavy atom. The molecule has 1 amide bonds. The van der Waals surface area contributed by atoms with E-state index in [1.165, 1.54) is 24.3 Å². The predicted molar refractivity (Wildman–Crippen MR) is 65.8 cm³/mol. The van der Waals surface area contributed by atoms with Crippen molar-refractivity contribution >= 4 is 11.6 Å². The third-order valence-electron chi connectivity index (χ3n) is 2.41.